The third-order valence-electron chi connectivity index (χ3n) is 5.58. The van der Waals surface area contributed by atoms with Crippen molar-refractivity contribution in [3.8, 4) is 45.5 Å². The van der Waals surface area contributed by atoms with Crippen LogP contribution in [0.4, 0.5) is 4.39 Å². The molecule has 6 nitrogen and oxygen atoms in total. The Morgan fingerprint density at radius 1 is 0.771 bits per heavy atom. The third-order valence-corrected chi connectivity index (χ3v) is 6.29. The molecule has 0 aliphatic rings. The number of rotatable bonds is 8. The number of methoxy groups -OCH3 is 4. The maximum Gasteiger partial charge on any atom is 0.161 e. The minimum Gasteiger partial charge on any atom is -0.493 e. The SMILES string of the molecule is COc1ccc(-c2nn(Cc3c(F)cccc3Cl)c(-c3ccc(OC)c(OC)c3)c2Cl)cc1OC. The summed E-state index contributed by atoms with van der Waals surface area (Å²) >= 11 is 13.2. The number of hydrogen-bond donors (Lipinski definition) is 0. The third kappa shape index (κ3) is 4.74. The molecule has 9 heteroatoms. The Hall–Kier alpha value is -3.42. The molecule has 0 amide bonds. The van der Waals surface area contributed by atoms with Crippen LogP contribution in [-0.4, -0.2) is 38.2 Å². The van der Waals surface area contributed by atoms with E-state index in [1.165, 1.54) is 6.07 Å². The van der Waals surface area contributed by atoms with Crippen molar-refractivity contribution in [2.75, 3.05) is 28.4 Å². The highest BCUT2D eigenvalue weighted by molar-refractivity contribution is 6.35. The zero-order valence-electron chi connectivity index (χ0n) is 19.6. The van der Waals surface area contributed by atoms with Gasteiger partial charge in [-0.15, -0.1) is 0 Å². The fourth-order valence-electron chi connectivity index (χ4n) is 3.81. The smallest absolute Gasteiger partial charge is 0.161 e. The monoisotopic (exact) mass is 516 g/mol. The molecule has 0 spiro atoms. The standard InChI is InChI=1S/C26H23Cl2FN2O4/c1-32-20-10-8-15(12-22(20)34-3)25-24(28)26(16-9-11-21(33-2)23(13-16)35-4)31(30-25)14-17-18(27)6-5-7-19(17)29/h5-13H,14H2,1-4H3. The highest BCUT2D eigenvalue weighted by Gasteiger charge is 2.23. The van der Waals surface area contributed by atoms with Crippen LogP contribution < -0.4 is 18.9 Å². The summed E-state index contributed by atoms with van der Waals surface area (Å²) in [5.41, 5.74) is 2.77. The van der Waals surface area contributed by atoms with Crippen molar-refractivity contribution in [2.45, 2.75) is 6.54 Å². The molecule has 0 saturated heterocycles. The van der Waals surface area contributed by atoms with Crippen LogP contribution in [0.1, 0.15) is 5.56 Å². The Balaban J connectivity index is 1.93. The number of aromatic nitrogens is 2. The number of benzene rings is 3. The molecule has 0 fully saturated rings. The van der Waals surface area contributed by atoms with E-state index in [-0.39, 0.29) is 6.54 Å². The van der Waals surface area contributed by atoms with E-state index < -0.39 is 5.82 Å². The molecule has 0 atom stereocenters. The molecule has 1 heterocycles. The molecule has 0 saturated carbocycles. The second kappa shape index (κ2) is 10.5. The normalized spacial score (nSPS) is 10.8. The van der Waals surface area contributed by atoms with Gasteiger partial charge < -0.3 is 18.9 Å². The highest BCUT2D eigenvalue weighted by Crippen LogP contribution is 2.42. The molecule has 182 valence electrons. The highest BCUT2D eigenvalue weighted by atomic mass is 35.5. The van der Waals surface area contributed by atoms with E-state index in [1.54, 1.807) is 69.5 Å². The quantitative estimate of drug-likeness (QED) is 0.259. The first-order valence-corrected chi connectivity index (χ1v) is 11.3. The molecular weight excluding hydrogens is 494 g/mol. The first-order chi connectivity index (χ1) is 16.9. The molecule has 0 bridgehead atoms. The van der Waals surface area contributed by atoms with E-state index in [2.05, 4.69) is 0 Å². The summed E-state index contributed by atoms with van der Waals surface area (Å²) in [5, 5.41) is 5.42. The number of ether oxygens (including phenoxy) is 4. The minimum atomic E-state index is -0.435. The maximum atomic E-state index is 14.7. The van der Waals surface area contributed by atoms with Crippen molar-refractivity contribution in [1.29, 1.82) is 0 Å². The zero-order valence-corrected chi connectivity index (χ0v) is 21.1. The van der Waals surface area contributed by atoms with Gasteiger partial charge in [0.2, 0.25) is 0 Å². The summed E-state index contributed by atoms with van der Waals surface area (Å²) in [5.74, 6) is 1.75. The van der Waals surface area contributed by atoms with Crippen molar-refractivity contribution < 1.29 is 23.3 Å². The Kier molecular flexibility index (Phi) is 7.38. The van der Waals surface area contributed by atoms with Crippen LogP contribution in [0.5, 0.6) is 23.0 Å². The van der Waals surface area contributed by atoms with Gasteiger partial charge in [0.25, 0.3) is 0 Å². The second-order valence-corrected chi connectivity index (χ2v) is 8.29. The Morgan fingerprint density at radius 2 is 1.34 bits per heavy atom. The average molecular weight is 517 g/mol. The lowest BCUT2D eigenvalue weighted by molar-refractivity contribution is 0.355. The number of halogens is 3. The fourth-order valence-corrected chi connectivity index (χ4v) is 4.39. The van der Waals surface area contributed by atoms with Crippen molar-refractivity contribution in [1.82, 2.24) is 9.78 Å². The lowest BCUT2D eigenvalue weighted by atomic mass is 10.1. The summed E-state index contributed by atoms with van der Waals surface area (Å²) in [7, 11) is 6.22. The molecule has 4 aromatic rings. The molecule has 35 heavy (non-hydrogen) atoms. The van der Waals surface area contributed by atoms with Gasteiger partial charge in [-0.3, -0.25) is 4.68 Å². The van der Waals surface area contributed by atoms with E-state index in [1.807, 2.05) is 12.1 Å². The molecule has 0 aliphatic carbocycles. The van der Waals surface area contributed by atoms with Crippen LogP contribution in [0.15, 0.2) is 54.6 Å². The molecule has 0 radical (unpaired) electrons. The van der Waals surface area contributed by atoms with Crippen LogP contribution in [0.2, 0.25) is 10.0 Å². The minimum absolute atomic E-state index is 0.0577. The first-order valence-electron chi connectivity index (χ1n) is 10.6. The van der Waals surface area contributed by atoms with E-state index in [0.717, 1.165) is 0 Å². The fraction of sp³-hybridized carbons (Fsp3) is 0.192. The Labute approximate surface area is 212 Å². The van der Waals surface area contributed by atoms with E-state index in [9.17, 15) is 4.39 Å². The Bertz CT molecular complexity index is 1350. The number of nitrogens with zero attached hydrogens (tertiary/aromatic N) is 2. The van der Waals surface area contributed by atoms with Gasteiger partial charge in [0.05, 0.1) is 45.7 Å². The first kappa shape index (κ1) is 24.7. The zero-order chi connectivity index (χ0) is 25.1. The van der Waals surface area contributed by atoms with Crippen LogP contribution in [0.3, 0.4) is 0 Å². The lowest BCUT2D eigenvalue weighted by Gasteiger charge is -2.13. The van der Waals surface area contributed by atoms with Crippen molar-refractivity contribution in [3.05, 3.63) is 76.0 Å². The number of hydrogen-bond acceptors (Lipinski definition) is 5. The molecule has 0 unspecified atom stereocenters. The van der Waals surface area contributed by atoms with Crippen molar-refractivity contribution >= 4 is 23.2 Å². The van der Waals surface area contributed by atoms with E-state index >= 15 is 0 Å². The van der Waals surface area contributed by atoms with Crippen LogP contribution in [0, 0.1) is 5.82 Å². The van der Waals surface area contributed by atoms with E-state index in [4.69, 9.17) is 47.2 Å². The summed E-state index contributed by atoms with van der Waals surface area (Å²) < 4.78 is 37.9. The molecule has 0 aliphatic heterocycles. The molecule has 0 N–H and O–H groups in total. The van der Waals surface area contributed by atoms with E-state index in [0.29, 0.717) is 61.1 Å². The van der Waals surface area contributed by atoms with Crippen molar-refractivity contribution in [3.63, 3.8) is 0 Å². The molecule has 1 aromatic heterocycles. The molecular formula is C26H23Cl2FN2O4. The van der Waals surface area contributed by atoms with Gasteiger partial charge in [-0.05, 0) is 48.5 Å². The largest absolute Gasteiger partial charge is 0.493 e. The predicted molar refractivity (Wildman–Crippen MR) is 135 cm³/mol. The van der Waals surface area contributed by atoms with Gasteiger partial charge in [-0.25, -0.2) is 4.39 Å². The van der Waals surface area contributed by atoms with Gasteiger partial charge in [-0.2, -0.15) is 5.10 Å². The Morgan fingerprint density at radius 3 is 1.91 bits per heavy atom. The van der Waals surface area contributed by atoms with Crippen LogP contribution >= 0.6 is 23.2 Å². The molecule has 3 aromatic carbocycles. The average Bonchev–Trinajstić information content (AvgIpc) is 3.20. The van der Waals surface area contributed by atoms with Gasteiger partial charge in [0, 0.05) is 21.7 Å². The maximum absolute atomic E-state index is 14.7. The van der Waals surface area contributed by atoms with Crippen molar-refractivity contribution in [2.24, 2.45) is 0 Å². The summed E-state index contributed by atoms with van der Waals surface area (Å²) in [6.07, 6.45) is 0. The summed E-state index contributed by atoms with van der Waals surface area (Å²) in [4.78, 5) is 0. The predicted octanol–water partition coefficient (Wildman–Crippen LogP) is 6.75. The van der Waals surface area contributed by atoms with Gasteiger partial charge in [-0.1, -0.05) is 29.3 Å². The summed E-state index contributed by atoms with van der Waals surface area (Å²) in [6.45, 7) is 0.0577. The van der Waals surface area contributed by atoms with Gasteiger partial charge >= 0.3 is 0 Å². The van der Waals surface area contributed by atoms with Crippen LogP contribution in [-0.2, 0) is 6.54 Å². The topological polar surface area (TPSA) is 54.7 Å². The second-order valence-electron chi connectivity index (χ2n) is 7.51. The molecule has 4 rings (SSSR count). The van der Waals surface area contributed by atoms with Gasteiger partial charge in [0.1, 0.15) is 11.5 Å². The van der Waals surface area contributed by atoms with Gasteiger partial charge in [0.15, 0.2) is 23.0 Å². The van der Waals surface area contributed by atoms with Crippen LogP contribution in [0.25, 0.3) is 22.5 Å². The lowest BCUT2D eigenvalue weighted by Crippen LogP contribution is -2.07. The summed E-state index contributed by atoms with van der Waals surface area (Å²) in [6, 6.07) is 15.3.